The van der Waals surface area contributed by atoms with E-state index in [4.69, 9.17) is 10.2 Å². The molecule has 110 valence electrons. The molecular weight excluding hydrogens is 248 g/mol. The Morgan fingerprint density at radius 3 is 2.70 bits per heavy atom. The Hall–Kier alpha value is -1.32. The first-order valence-electron chi connectivity index (χ1n) is 7.43. The molecule has 0 amide bonds. The fourth-order valence-corrected chi connectivity index (χ4v) is 2.60. The monoisotopic (exact) mass is 274 g/mol. The molecule has 0 radical (unpaired) electrons. The number of hydrogen-bond acceptors (Lipinski definition) is 3. The van der Waals surface area contributed by atoms with Gasteiger partial charge in [0.1, 0.15) is 5.58 Å². The Morgan fingerprint density at radius 1 is 1.25 bits per heavy atom. The minimum atomic E-state index is 0.148. The zero-order valence-corrected chi connectivity index (χ0v) is 12.9. The summed E-state index contributed by atoms with van der Waals surface area (Å²) in [5, 5.41) is 1.22. The average molecular weight is 274 g/mol. The van der Waals surface area contributed by atoms with Gasteiger partial charge in [0, 0.05) is 24.0 Å². The number of para-hydroxylation sites is 1. The summed E-state index contributed by atoms with van der Waals surface area (Å²) < 4.78 is 5.63. The molecule has 1 aromatic heterocycles. The molecule has 0 aliphatic heterocycles. The molecule has 3 heteroatoms. The van der Waals surface area contributed by atoms with Crippen molar-refractivity contribution in [3.63, 3.8) is 0 Å². The van der Waals surface area contributed by atoms with Crippen LogP contribution in [-0.2, 0) is 6.54 Å². The van der Waals surface area contributed by atoms with Crippen molar-refractivity contribution in [2.75, 3.05) is 19.6 Å². The van der Waals surface area contributed by atoms with E-state index >= 15 is 0 Å². The SMILES string of the molecule is CCCN(Cc1coc2ccccc12)CC(C)(C)CN. The third kappa shape index (κ3) is 3.62. The third-order valence-electron chi connectivity index (χ3n) is 3.70. The summed E-state index contributed by atoms with van der Waals surface area (Å²) in [6, 6.07) is 8.23. The number of furan rings is 1. The molecule has 3 nitrogen and oxygen atoms in total. The highest BCUT2D eigenvalue weighted by atomic mass is 16.3. The molecule has 1 heterocycles. The second-order valence-corrected chi connectivity index (χ2v) is 6.34. The van der Waals surface area contributed by atoms with Gasteiger partial charge in [-0.05, 0) is 31.0 Å². The number of fused-ring (bicyclic) bond motifs is 1. The average Bonchev–Trinajstić information content (AvgIpc) is 2.82. The zero-order valence-electron chi connectivity index (χ0n) is 12.9. The van der Waals surface area contributed by atoms with Crippen molar-refractivity contribution in [1.29, 1.82) is 0 Å². The Labute approximate surface area is 121 Å². The molecule has 0 aliphatic carbocycles. The quantitative estimate of drug-likeness (QED) is 0.838. The normalized spacial score (nSPS) is 12.4. The lowest BCUT2D eigenvalue weighted by atomic mass is 9.93. The van der Waals surface area contributed by atoms with Gasteiger partial charge in [-0.15, -0.1) is 0 Å². The molecular formula is C17H26N2O. The van der Waals surface area contributed by atoms with Crippen molar-refractivity contribution in [2.45, 2.75) is 33.7 Å². The van der Waals surface area contributed by atoms with Gasteiger partial charge in [0.25, 0.3) is 0 Å². The number of nitrogens with zero attached hydrogens (tertiary/aromatic N) is 1. The van der Waals surface area contributed by atoms with Crippen LogP contribution in [0.15, 0.2) is 34.9 Å². The van der Waals surface area contributed by atoms with Crippen molar-refractivity contribution in [3.05, 3.63) is 36.1 Å². The Bertz CT molecular complexity index is 545. The van der Waals surface area contributed by atoms with Crippen LogP contribution in [0.2, 0.25) is 0 Å². The standard InChI is InChI=1S/C17H26N2O/c1-4-9-19(13-17(2,3)12-18)10-14-11-20-16-8-6-5-7-15(14)16/h5-8,11H,4,9-10,12-13,18H2,1-3H3. The van der Waals surface area contributed by atoms with Crippen molar-refractivity contribution in [3.8, 4) is 0 Å². The molecule has 2 N–H and O–H groups in total. The highest BCUT2D eigenvalue weighted by Gasteiger charge is 2.20. The maximum absolute atomic E-state index is 5.87. The predicted molar refractivity (Wildman–Crippen MR) is 84.6 cm³/mol. The lowest BCUT2D eigenvalue weighted by molar-refractivity contribution is 0.176. The Kier molecular flexibility index (Phi) is 4.84. The molecule has 1 aromatic carbocycles. The van der Waals surface area contributed by atoms with Crippen LogP contribution in [0.1, 0.15) is 32.8 Å². The van der Waals surface area contributed by atoms with Gasteiger partial charge in [0.2, 0.25) is 0 Å². The van der Waals surface area contributed by atoms with Crippen LogP contribution in [0, 0.1) is 5.41 Å². The maximum atomic E-state index is 5.87. The number of rotatable bonds is 7. The van der Waals surface area contributed by atoms with E-state index < -0.39 is 0 Å². The van der Waals surface area contributed by atoms with E-state index in [9.17, 15) is 0 Å². The second-order valence-electron chi connectivity index (χ2n) is 6.34. The van der Waals surface area contributed by atoms with Crippen molar-refractivity contribution >= 4 is 11.0 Å². The van der Waals surface area contributed by atoms with E-state index in [-0.39, 0.29) is 5.41 Å². The zero-order chi connectivity index (χ0) is 14.6. The van der Waals surface area contributed by atoms with E-state index in [1.807, 2.05) is 18.4 Å². The molecule has 0 atom stereocenters. The van der Waals surface area contributed by atoms with Crippen LogP contribution >= 0.6 is 0 Å². The minimum Gasteiger partial charge on any atom is -0.464 e. The van der Waals surface area contributed by atoms with E-state index in [1.165, 1.54) is 10.9 Å². The topological polar surface area (TPSA) is 42.4 Å². The molecule has 0 spiro atoms. The summed E-state index contributed by atoms with van der Waals surface area (Å²) >= 11 is 0. The highest BCUT2D eigenvalue weighted by molar-refractivity contribution is 5.80. The van der Waals surface area contributed by atoms with Crippen molar-refractivity contribution < 1.29 is 4.42 Å². The van der Waals surface area contributed by atoms with E-state index in [0.29, 0.717) is 6.54 Å². The summed E-state index contributed by atoms with van der Waals surface area (Å²) in [7, 11) is 0. The lowest BCUT2D eigenvalue weighted by Gasteiger charge is -2.31. The highest BCUT2D eigenvalue weighted by Crippen LogP contribution is 2.24. The van der Waals surface area contributed by atoms with Crippen molar-refractivity contribution in [1.82, 2.24) is 4.90 Å². The first-order chi connectivity index (χ1) is 9.55. The fourth-order valence-electron chi connectivity index (χ4n) is 2.60. The molecule has 2 aromatic rings. The molecule has 0 aliphatic rings. The van der Waals surface area contributed by atoms with Crippen LogP contribution in [0.3, 0.4) is 0 Å². The fraction of sp³-hybridized carbons (Fsp3) is 0.529. The molecule has 20 heavy (non-hydrogen) atoms. The van der Waals surface area contributed by atoms with Crippen LogP contribution in [0.25, 0.3) is 11.0 Å². The second kappa shape index (κ2) is 6.42. The van der Waals surface area contributed by atoms with Gasteiger partial charge in [-0.3, -0.25) is 4.90 Å². The van der Waals surface area contributed by atoms with Gasteiger partial charge in [-0.25, -0.2) is 0 Å². The molecule has 0 saturated carbocycles. The Morgan fingerprint density at radius 2 is 2.00 bits per heavy atom. The maximum Gasteiger partial charge on any atom is 0.134 e. The molecule has 0 saturated heterocycles. The summed E-state index contributed by atoms with van der Waals surface area (Å²) in [5.74, 6) is 0. The van der Waals surface area contributed by atoms with Gasteiger partial charge in [-0.2, -0.15) is 0 Å². The van der Waals surface area contributed by atoms with Crippen LogP contribution in [0.4, 0.5) is 0 Å². The molecule has 2 rings (SSSR count). The summed E-state index contributed by atoms with van der Waals surface area (Å²) in [4.78, 5) is 2.48. The summed E-state index contributed by atoms with van der Waals surface area (Å²) in [6.45, 7) is 10.4. The smallest absolute Gasteiger partial charge is 0.134 e. The van der Waals surface area contributed by atoms with E-state index in [2.05, 4.69) is 37.8 Å². The van der Waals surface area contributed by atoms with Gasteiger partial charge in [-0.1, -0.05) is 39.0 Å². The van der Waals surface area contributed by atoms with E-state index in [0.717, 1.165) is 31.6 Å². The number of hydrogen-bond donors (Lipinski definition) is 1. The van der Waals surface area contributed by atoms with Gasteiger partial charge >= 0.3 is 0 Å². The third-order valence-corrected chi connectivity index (χ3v) is 3.70. The van der Waals surface area contributed by atoms with Gasteiger partial charge in [0.15, 0.2) is 0 Å². The van der Waals surface area contributed by atoms with Crippen molar-refractivity contribution in [2.24, 2.45) is 11.1 Å². The largest absolute Gasteiger partial charge is 0.464 e. The lowest BCUT2D eigenvalue weighted by Crippen LogP contribution is -2.38. The van der Waals surface area contributed by atoms with Crippen LogP contribution < -0.4 is 5.73 Å². The summed E-state index contributed by atoms with van der Waals surface area (Å²) in [5.41, 5.74) is 8.25. The molecule has 0 bridgehead atoms. The van der Waals surface area contributed by atoms with Gasteiger partial charge in [0.05, 0.1) is 6.26 Å². The first-order valence-corrected chi connectivity index (χ1v) is 7.43. The minimum absolute atomic E-state index is 0.148. The number of benzene rings is 1. The van der Waals surface area contributed by atoms with Crippen LogP contribution in [0.5, 0.6) is 0 Å². The van der Waals surface area contributed by atoms with Gasteiger partial charge < -0.3 is 10.2 Å². The van der Waals surface area contributed by atoms with Crippen LogP contribution in [-0.4, -0.2) is 24.5 Å². The summed E-state index contributed by atoms with van der Waals surface area (Å²) in [6.07, 6.45) is 3.04. The Balaban J connectivity index is 2.15. The number of nitrogens with two attached hydrogens (primary N) is 1. The molecule has 0 fully saturated rings. The first kappa shape index (κ1) is 15.1. The van der Waals surface area contributed by atoms with E-state index in [1.54, 1.807) is 0 Å². The molecule has 0 unspecified atom stereocenters. The predicted octanol–water partition coefficient (Wildman–Crippen LogP) is 3.63.